The lowest BCUT2D eigenvalue weighted by Crippen LogP contribution is -2.40. The maximum absolute atomic E-state index is 12.9. The van der Waals surface area contributed by atoms with Crippen LogP contribution in [0.1, 0.15) is 219 Å². The molecule has 0 aromatic heterocycles. The Bertz CT molecular complexity index is 2300. The molecule has 0 aromatic carbocycles. The molecule has 2 atom stereocenters. The average molecular weight is 1250 g/mol. The van der Waals surface area contributed by atoms with Crippen LogP contribution in [0.25, 0.3) is 0 Å². The monoisotopic (exact) mass is 1250 g/mol. The van der Waals surface area contributed by atoms with Gasteiger partial charge in [0.2, 0.25) is 0 Å². The number of quaternary nitrogens is 1. The molecule has 2 unspecified atom stereocenters. The highest BCUT2D eigenvalue weighted by atomic mass is 16.7. The number of carbonyl (C=O) groups excluding carboxylic acids is 2. The summed E-state index contributed by atoms with van der Waals surface area (Å²) in [5.74, 6) is -2.10. The van der Waals surface area contributed by atoms with E-state index >= 15 is 0 Å². The van der Waals surface area contributed by atoms with E-state index in [2.05, 4.69) is 233 Å². The number of aliphatic carboxylic acids is 1. The van der Waals surface area contributed by atoms with Crippen LogP contribution in [0.3, 0.4) is 0 Å². The lowest BCUT2D eigenvalue weighted by atomic mass is 10.1. The van der Waals surface area contributed by atoms with E-state index in [1.54, 1.807) is 0 Å². The van der Waals surface area contributed by atoms with Crippen LogP contribution in [-0.2, 0) is 33.3 Å². The Labute approximate surface area is 556 Å². The number of allylic oxidation sites excluding steroid dienone is 36. The minimum atomic E-state index is -1.54. The Morgan fingerprint density at radius 2 is 0.593 bits per heavy atom. The molecule has 9 heteroatoms. The Kier molecular flexibility index (Phi) is 64.6. The number of carbonyl (C=O) groups is 3. The van der Waals surface area contributed by atoms with Crippen molar-refractivity contribution < 1.29 is 42.9 Å². The van der Waals surface area contributed by atoms with Gasteiger partial charge in [-0.3, -0.25) is 9.59 Å². The van der Waals surface area contributed by atoms with Crippen LogP contribution in [0.5, 0.6) is 0 Å². The number of carboxylic acids is 1. The van der Waals surface area contributed by atoms with E-state index in [-0.39, 0.29) is 32.7 Å². The lowest BCUT2D eigenvalue weighted by molar-refractivity contribution is -0.870. The van der Waals surface area contributed by atoms with Gasteiger partial charge >= 0.3 is 17.9 Å². The summed E-state index contributed by atoms with van der Waals surface area (Å²) in [6.45, 7) is 4.55. The lowest BCUT2D eigenvalue weighted by Gasteiger charge is -2.25. The van der Waals surface area contributed by atoms with Crippen molar-refractivity contribution in [1.29, 1.82) is 0 Å². The van der Waals surface area contributed by atoms with Gasteiger partial charge in [0, 0.05) is 12.8 Å². The van der Waals surface area contributed by atoms with Gasteiger partial charge in [0.15, 0.2) is 6.10 Å². The van der Waals surface area contributed by atoms with Crippen molar-refractivity contribution in [3.63, 3.8) is 0 Å². The van der Waals surface area contributed by atoms with Crippen LogP contribution in [0.4, 0.5) is 0 Å². The van der Waals surface area contributed by atoms with Crippen molar-refractivity contribution >= 4 is 17.9 Å². The highest BCUT2D eigenvalue weighted by Crippen LogP contribution is 2.14. The maximum atomic E-state index is 12.9. The minimum absolute atomic E-state index is 0.166. The van der Waals surface area contributed by atoms with Gasteiger partial charge in [-0.2, -0.15) is 0 Å². The molecule has 506 valence electrons. The van der Waals surface area contributed by atoms with Gasteiger partial charge in [0.1, 0.15) is 13.2 Å². The zero-order valence-corrected chi connectivity index (χ0v) is 57.6. The summed E-state index contributed by atoms with van der Waals surface area (Å²) in [5.41, 5.74) is 0. The summed E-state index contributed by atoms with van der Waals surface area (Å²) < 4.78 is 22.9. The Balaban J connectivity index is 4.30. The molecular formula is C82H126NO8+. The highest BCUT2D eigenvalue weighted by Gasteiger charge is 2.25. The first-order valence-corrected chi connectivity index (χ1v) is 34.9. The third-order valence-electron chi connectivity index (χ3n) is 13.7. The molecule has 0 fully saturated rings. The molecule has 0 heterocycles. The molecule has 0 saturated carbocycles. The largest absolute Gasteiger partial charge is 0.477 e. The van der Waals surface area contributed by atoms with Crippen molar-refractivity contribution in [3.8, 4) is 0 Å². The second-order valence-corrected chi connectivity index (χ2v) is 23.4. The van der Waals surface area contributed by atoms with Crippen molar-refractivity contribution in [3.05, 3.63) is 219 Å². The molecule has 9 nitrogen and oxygen atoms in total. The van der Waals surface area contributed by atoms with E-state index in [1.807, 2.05) is 21.1 Å². The Morgan fingerprint density at radius 3 is 0.901 bits per heavy atom. The van der Waals surface area contributed by atoms with Crippen LogP contribution in [0.15, 0.2) is 219 Å². The number of hydrogen-bond acceptors (Lipinski definition) is 7. The van der Waals surface area contributed by atoms with Crippen molar-refractivity contribution in [1.82, 2.24) is 0 Å². The number of carboxylic acid groups (broad SMARTS) is 1. The first-order chi connectivity index (χ1) is 44.6. The highest BCUT2D eigenvalue weighted by molar-refractivity contribution is 5.71. The van der Waals surface area contributed by atoms with Gasteiger partial charge in [0.05, 0.1) is 34.4 Å². The van der Waals surface area contributed by atoms with Gasteiger partial charge in [-0.1, -0.05) is 271 Å². The molecule has 0 saturated heterocycles. The van der Waals surface area contributed by atoms with E-state index in [0.717, 1.165) is 154 Å². The second-order valence-electron chi connectivity index (χ2n) is 23.4. The third kappa shape index (κ3) is 70.9. The SMILES string of the molecule is CC/C=C\C/C=C\C/C=C\C/C=C\C/C=C\C/C=C\C/C=C\C/C=C\C/C=C\C/C=C\CCCCCCCCCCC(=O)OC(COC(=O)CCCC/C=C\C/C=C\C/C=C\C/C=C\C/C=C\C/C=C\C/C=C\C/C=C\CC)COC(OCC[N+](C)(C)C)C(=O)O. The van der Waals surface area contributed by atoms with Gasteiger partial charge in [-0.25, -0.2) is 4.79 Å². The van der Waals surface area contributed by atoms with Crippen LogP contribution in [0.2, 0.25) is 0 Å². The zero-order valence-electron chi connectivity index (χ0n) is 57.6. The molecule has 0 aromatic rings. The predicted octanol–water partition coefficient (Wildman–Crippen LogP) is 22.1. The second kappa shape index (κ2) is 69.5. The summed E-state index contributed by atoms with van der Waals surface area (Å²) in [6, 6.07) is 0. The number of ether oxygens (including phenoxy) is 4. The molecule has 0 aliphatic heterocycles. The topological polar surface area (TPSA) is 108 Å². The molecule has 91 heavy (non-hydrogen) atoms. The van der Waals surface area contributed by atoms with Gasteiger partial charge in [-0.05, 0) is 154 Å². The van der Waals surface area contributed by atoms with E-state index < -0.39 is 30.3 Å². The molecular weight excluding hydrogens is 1130 g/mol. The summed E-state index contributed by atoms with van der Waals surface area (Å²) in [7, 11) is 5.94. The van der Waals surface area contributed by atoms with E-state index in [0.29, 0.717) is 23.9 Å². The molecule has 1 N–H and O–H groups in total. The standard InChI is InChI=1S/C82H125NO8/c1-6-8-10-12-14-16-18-20-22-24-26-28-30-32-34-35-36-37-38-39-40-41-42-43-44-45-47-49-51-53-55-57-59-61-63-65-67-69-71-73-80(85)91-78(77-90-82(81(86)87)88-75-74-83(3,4)5)76-89-79(84)72-70-68-66-64-62-60-58-56-54-52-50-48-46-33-31-29-27-25-23-21-19-17-15-13-11-9-7-2/h8-11,14-17,20-23,26-29,32-34,36-37,39-40,42-43,45-47,50-53,56,58,62,64,78,82H,6-7,12-13,18-19,24-25,30-31,35,38,41,44,48-49,54-55,57,59-61,63,65-77H2,1-5H3/p+1/b10-8-,11-9-,16-14-,17-15-,22-20-,23-21-,28-26-,29-27-,34-32-,37-36-,40-39-,43-42-,46-33-,47-45-,52-50-,53-51-,58-56-,64-62-. The predicted molar refractivity (Wildman–Crippen MR) is 391 cm³/mol. The molecule has 0 aliphatic rings. The fourth-order valence-electron chi connectivity index (χ4n) is 8.47. The van der Waals surface area contributed by atoms with Crippen LogP contribution in [-0.4, -0.2) is 87.4 Å². The van der Waals surface area contributed by atoms with Crippen LogP contribution in [0, 0.1) is 0 Å². The fraction of sp³-hybridized carbons (Fsp3) is 0.524. The van der Waals surface area contributed by atoms with Gasteiger partial charge < -0.3 is 28.5 Å². The van der Waals surface area contributed by atoms with Gasteiger partial charge in [0.25, 0.3) is 6.29 Å². The number of likely N-dealkylation sites (N-methyl/N-ethyl adjacent to an activating group) is 1. The smallest absolute Gasteiger partial charge is 0.361 e. The fourth-order valence-corrected chi connectivity index (χ4v) is 8.47. The molecule has 0 spiro atoms. The number of esters is 2. The van der Waals surface area contributed by atoms with E-state index in [9.17, 15) is 19.5 Å². The van der Waals surface area contributed by atoms with E-state index in [1.165, 1.54) is 25.7 Å². The molecule has 0 aliphatic carbocycles. The summed E-state index contributed by atoms with van der Waals surface area (Å²) >= 11 is 0. The number of nitrogens with zero attached hydrogens (tertiary/aromatic N) is 1. The number of hydrogen-bond donors (Lipinski definition) is 1. The Hall–Kier alpha value is -6.39. The first-order valence-electron chi connectivity index (χ1n) is 34.9. The maximum Gasteiger partial charge on any atom is 0.361 e. The normalized spacial score (nSPS) is 14.1. The molecule has 0 bridgehead atoms. The third-order valence-corrected chi connectivity index (χ3v) is 13.7. The number of unbranched alkanes of at least 4 members (excludes halogenated alkanes) is 10. The summed E-state index contributed by atoms with van der Waals surface area (Å²) in [4.78, 5) is 37.6. The van der Waals surface area contributed by atoms with Crippen molar-refractivity contribution in [2.24, 2.45) is 0 Å². The molecule has 0 amide bonds. The average Bonchev–Trinajstić information content (AvgIpc) is 3.46. The van der Waals surface area contributed by atoms with E-state index in [4.69, 9.17) is 18.9 Å². The number of rotatable bonds is 61. The van der Waals surface area contributed by atoms with Crippen molar-refractivity contribution in [2.75, 3.05) is 47.5 Å². The zero-order chi connectivity index (χ0) is 66.1. The first kappa shape index (κ1) is 84.6. The van der Waals surface area contributed by atoms with Crippen LogP contribution < -0.4 is 0 Å². The van der Waals surface area contributed by atoms with Crippen LogP contribution >= 0.6 is 0 Å². The summed E-state index contributed by atoms with van der Waals surface area (Å²) in [5, 5.41) is 9.74. The molecule has 0 radical (unpaired) electrons. The molecule has 0 rings (SSSR count). The Morgan fingerprint density at radius 1 is 0.330 bits per heavy atom. The quantitative estimate of drug-likeness (QED) is 0.0211. The van der Waals surface area contributed by atoms with Gasteiger partial charge in [-0.15, -0.1) is 0 Å². The van der Waals surface area contributed by atoms with Crippen molar-refractivity contribution in [2.45, 2.75) is 232 Å². The minimum Gasteiger partial charge on any atom is -0.477 e. The summed E-state index contributed by atoms with van der Waals surface area (Å²) in [6.07, 6.45) is 108.